The summed E-state index contributed by atoms with van der Waals surface area (Å²) in [6, 6.07) is 0. The number of hydrogen-bond acceptors (Lipinski definition) is 5. The van der Waals surface area contributed by atoms with E-state index in [1.54, 1.807) is 0 Å². The molecule has 11 heavy (non-hydrogen) atoms. The molecule has 0 rings (SSSR count). The number of rotatable bonds is 2. The molecule has 0 amide bonds. The quantitative estimate of drug-likeness (QED) is 0.478. The van der Waals surface area contributed by atoms with Crippen molar-refractivity contribution < 1.29 is 112 Å². The molecular weight excluding hydrogens is 271 g/mol. The van der Waals surface area contributed by atoms with Gasteiger partial charge in [0, 0.05) is 0 Å². The molecule has 0 spiro atoms. The molecule has 0 bridgehead atoms. The molecule has 0 saturated heterocycles. The minimum absolute atomic E-state index is 0. The second-order valence-electron chi connectivity index (χ2n) is 0.924. The van der Waals surface area contributed by atoms with Crippen LogP contribution in [0, 0.1) is 0 Å². The fourth-order valence-corrected chi connectivity index (χ4v) is 1.85. The summed E-state index contributed by atoms with van der Waals surface area (Å²) in [5.74, 6) is 0. The maximum absolute atomic E-state index is 9.53. The second-order valence-corrected chi connectivity index (χ2v) is 4.68. The zero-order valence-electron chi connectivity index (χ0n) is 6.25. The van der Waals surface area contributed by atoms with Gasteiger partial charge >= 0.3 is 105 Å². The van der Waals surface area contributed by atoms with E-state index in [1.165, 1.54) is 0 Å². The van der Waals surface area contributed by atoms with Gasteiger partial charge in [-0.2, -0.15) is 0 Å². The van der Waals surface area contributed by atoms with E-state index in [2.05, 4.69) is 2.84 Å². The third-order valence-electron chi connectivity index (χ3n) is 0.172. The van der Waals surface area contributed by atoms with Crippen molar-refractivity contribution >= 4 is 0 Å². The fraction of sp³-hybridized carbons (Fsp3) is 0. The molecule has 66 valence electrons. The standard InChI is InChI=1S/2Cr.K.3H2O.5O.H/h;;;3*1H2;;;;;;/q3*+1;;;;;;;;;-1/p-2. The van der Waals surface area contributed by atoms with Crippen LogP contribution >= 0.6 is 0 Å². The van der Waals surface area contributed by atoms with E-state index in [-0.39, 0.29) is 58.3 Å². The predicted octanol–water partition coefficient (Wildman–Crippen LogP) is -5.37. The van der Waals surface area contributed by atoms with Crippen molar-refractivity contribution in [1.29, 1.82) is 0 Å². The Kier molecular flexibility index (Phi) is 10.5. The van der Waals surface area contributed by atoms with E-state index in [0.29, 0.717) is 0 Å². The Morgan fingerprint density at radius 1 is 1.00 bits per heavy atom. The molecule has 0 unspecified atom stereocenters. The summed E-state index contributed by atoms with van der Waals surface area (Å²) in [5, 5.41) is 0. The average molecular weight is 276 g/mol. The molecule has 0 aliphatic rings. The fourth-order valence-electron chi connectivity index (χ4n) is 0.109. The third kappa shape index (κ3) is 18.6. The van der Waals surface area contributed by atoms with Gasteiger partial charge in [-0.1, -0.05) is 0 Å². The third-order valence-corrected chi connectivity index (χ3v) is 2.92. The summed E-state index contributed by atoms with van der Waals surface area (Å²) in [6.07, 6.45) is 0. The van der Waals surface area contributed by atoms with E-state index in [4.69, 9.17) is 8.32 Å². The number of hydrogen-bond donors (Lipinski definition) is 2. The van der Waals surface area contributed by atoms with Crippen LogP contribution in [-0.4, -0.2) is 13.8 Å². The predicted molar refractivity (Wildman–Crippen MR) is 13.0 cm³/mol. The summed E-state index contributed by atoms with van der Waals surface area (Å²) in [6.45, 7) is 0. The van der Waals surface area contributed by atoms with Gasteiger partial charge in [-0.25, -0.2) is 0 Å². The van der Waals surface area contributed by atoms with E-state index >= 15 is 0 Å². The van der Waals surface area contributed by atoms with E-state index in [1.807, 2.05) is 0 Å². The van der Waals surface area contributed by atoms with Crippen LogP contribution in [-0.2, 0) is 45.3 Å². The molecule has 0 aromatic heterocycles. The van der Waals surface area contributed by atoms with Crippen molar-refractivity contribution in [2.45, 2.75) is 0 Å². The average Bonchev–Trinajstić information content (AvgIpc) is 1.14. The van der Waals surface area contributed by atoms with Crippen molar-refractivity contribution in [2.24, 2.45) is 0 Å². The van der Waals surface area contributed by atoms with Gasteiger partial charge in [-0.15, -0.1) is 0 Å². The van der Waals surface area contributed by atoms with Gasteiger partial charge in [0.15, 0.2) is 0 Å². The van der Waals surface area contributed by atoms with Gasteiger partial charge in [0.1, 0.15) is 0 Å². The van der Waals surface area contributed by atoms with Crippen LogP contribution in [0.3, 0.4) is 0 Å². The molecule has 8 nitrogen and oxygen atoms in total. The van der Waals surface area contributed by atoms with Crippen LogP contribution < -0.4 is 51.4 Å². The first kappa shape index (κ1) is 18.5. The van der Waals surface area contributed by atoms with Crippen LogP contribution in [0.4, 0.5) is 0 Å². The van der Waals surface area contributed by atoms with Crippen molar-refractivity contribution in [3.05, 3.63) is 0 Å². The molecule has 0 radical (unpaired) electrons. The zero-order chi connectivity index (χ0) is 7.71. The summed E-state index contributed by atoms with van der Waals surface area (Å²) < 4.78 is 56.3. The van der Waals surface area contributed by atoms with E-state index in [0.717, 1.165) is 0 Å². The topological polar surface area (TPSA) is 149 Å². The zero-order valence-corrected chi connectivity index (χ0v) is 10.9. The molecule has 0 aliphatic heterocycles. The molecule has 0 fully saturated rings. The molecule has 0 heterocycles. The van der Waals surface area contributed by atoms with Crippen molar-refractivity contribution in [3.63, 3.8) is 0 Å². The van der Waals surface area contributed by atoms with Crippen LogP contribution in [0.2, 0.25) is 0 Å². The Hall–Kier alpha value is 1.74. The van der Waals surface area contributed by atoms with Gasteiger partial charge in [0.05, 0.1) is 0 Å². The first-order valence-corrected chi connectivity index (χ1v) is 5.63. The molecule has 0 aromatic rings. The van der Waals surface area contributed by atoms with Crippen LogP contribution in [0.5, 0.6) is 0 Å². The Balaban J connectivity index is -0.000000107. The van der Waals surface area contributed by atoms with Gasteiger partial charge < -0.3 is 6.90 Å². The molecule has 0 saturated carbocycles. The van der Waals surface area contributed by atoms with Crippen LogP contribution in [0.1, 0.15) is 1.43 Å². The van der Waals surface area contributed by atoms with Crippen LogP contribution in [0.25, 0.3) is 0 Å². The summed E-state index contributed by atoms with van der Waals surface area (Å²) in [7, 11) is 0. The van der Waals surface area contributed by atoms with Gasteiger partial charge in [-0.05, 0) is 0 Å². The molecular formula is H5Cr2KO8. The molecule has 4 N–H and O–H groups in total. The van der Waals surface area contributed by atoms with Gasteiger partial charge in [0.2, 0.25) is 0 Å². The Bertz CT molecular complexity index is 242. The summed E-state index contributed by atoms with van der Waals surface area (Å²) in [4.78, 5) is 0. The summed E-state index contributed by atoms with van der Waals surface area (Å²) >= 11 is -11.5. The van der Waals surface area contributed by atoms with Crippen LogP contribution in [0.15, 0.2) is 0 Å². The SMILES string of the molecule is O.[H-].[K+].[O]=[Cr](=[O])([OH])[O][Cr](=[O])(=[O])[OH]. The maximum atomic E-state index is 9.53. The van der Waals surface area contributed by atoms with Crippen molar-refractivity contribution in [1.82, 2.24) is 0 Å². The first-order valence-electron chi connectivity index (χ1n) is 1.37. The Morgan fingerprint density at radius 2 is 1.18 bits per heavy atom. The molecule has 0 atom stereocenters. The van der Waals surface area contributed by atoms with E-state index < -0.39 is 27.2 Å². The Labute approximate surface area is 110 Å². The van der Waals surface area contributed by atoms with E-state index in [9.17, 15) is 15.2 Å². The second kappa shape index (κ2) is 6.23. The molecule has 0 aliphatic carbocycles. The Morgan fingerprint density at radius 3 is 1.18 bits per heavy atom. The van der Waals surface area contributed by atoms with Crippen molar-refractivity contribution in [2.75, 3.05) is 0 Å². The van der Waals surface area contributed by atoms with Gasteiger partial charge in [0.25, 0.3) is 0 Å². The van der Waals surface area contributed by atoms with Crippen molar-refractivity contribution in [3.8, 4) is 0 Å². The first-order chi connectivity index (χ1) is 3.71. The molecule has 0 aromatic carbocycles. The van der Waals surface area contributed by atoms with Gasteiger partial charge in [-0.3, -0.25) is 0 Å². The normalized spacial score (nSPS) is 11.1. The monoisotopic (exact) mass is 276 g/mol. The summed E-state index contributed by atoms with van der Waals surface area (Å²) in [5.41, 5.74) is 0. The molecule has 11 heteroatoms. The minimum atomic E-state index is -5.76.